The molecule has 0 aliphatic heterocycles. The predicted octanol–water partition coefficient (Wildman–Crippen LogP) is 8.91. The molecule has 7 nitrogen and oxygen atoms in total. The van der Waals surface area contributed by atoms with E-state index in [9.17, 15) is 14.7 Å². The van der Waals surface area contributed by atoms with Crippen LogP contribution in [-0.2, 0) is 6.54 Å². The van der Waals surface area contributed by atoms with Gasteiger partial charge in [-0.25, -0.2) is 4.79 Å². The molecule has 0 unspecified atom stereocenters. The molecule has 1 aliphatic carbocycles. The molecular weight excluding hydrogens is 594 g/mol. The van der Waals surface area contributed by atoms with Gasteiger partial charge in [-0.2, -0.15) is 0 Å². The molecule has 1 N–H and O–H groups in total. The van der Waals surface area contributed by atoms with Crippen LogP contribution in [0.5, 0.6) is 5.75 Å². The van der Waals surface area contributed by atoms with Gasteiger partial charge in [-0.3, -0.25) is 9.78 Å². The zero-order chi connectivity index (χ0) is 31.6. The van der Waals surface area contributed by atoms with Crippen molar-refractivity contribution in [2.45, 2.75) is 72.0 Å². The number of amides is 2. The first-order chi connectivity index (χ1) is 20.9. The number of carboxylic acid groups (broad SMARTS) is 1. The third-order valence-corrected chi connectivity index (χ3v) is 9.96. The number of rotatable bonds is 8. The molecule has 1 saturated carbocycles. The minimum Gasteiger partial charge on any atom is -0.496 e. The Kier molecular flexibility index (Phi) is 9.51. The predicted molar refractivity (Wildman–Crippen MR) is 178 cm³/mol. The van der Waals surface area contributed by atoms with Gasteiger partial charge < -0.3 is 19.6 Å². The summed E-state index contributed by atoms with van der Waals surface area (Å²) in [6, 6.07) is 17.7. The van der Waals surface area contributed by atoms with E-state index in [-0.39, 0.29) is 23.4 Å². The van der Waals surface area contributed by atoms with E-state index in [1.54, 1.807) is 12.0 Å². The molecule has 1 aliphatic rings. The number of ether oxygens (including phenoxy) is 1. The Hall–Kier alpha value is -3.62. The van der Waals surface area contributed by atoms with E-state index in [1.165, 1.54) is 11.3 Å². The zero-order valence-electron chi connectivity index (χ0n) is 26.0. The third kappa shape index (κ3) is 7.02. The summed E-state index contributed by atoms with van der Waals surface area (Å²) < 4.78 is 6.74. The van der Waals surface area contributed by atoms with Crippen molar-refractivity contribution in [2.24, 2.45) is 5.41 Å². The topological polar surface area (TPSA) is 83.0 Å². The Bertz CT molecular complexity index is 1640. The van der Waals surface area contributed by atoms with Crippen LogP contribution >= 0.6 is 22.9 Å². The number of carbonyl (C=O) groups excluding carboxylic acids is 1. The Morgan fingerprint density at radius 1 is 1.00 bits per heavy atom. The molecule has 0 bridgehead atoms. The van der Waals surface area contributed by atoms with Crippen molar-refractivity contribution < 1.29 is 19.4 Å². The first-order valence-electron chi connectivity index (χ1n) is 15.0. The first-order valence-corrected chi connectivity index (χ1v) is 16.2. The fraction of sp³-hybridized carbons (Fsp3) is 0.400. The molecule has 0 saturated heterocycles. The first kappa shape index (κ1) is 31.8. The van der Waals surface area contributed by atoms with Gasteiger partial charge in [-0.1, -0.05) is 62.7 Å². The van der Waals surface area contributed by atoms with Crippen LogP contribution in [0.15, 0.2) is 60.8 Å². The van der Waals surface area contributed by atoms with Gasteiger partial charge >= 0.3 is 6.09 Å². The summed E-state index contributed by atoms with van der Waals surface area (Å²) in [4.78, 5) is 35.2. The summed E-state index contributed by atoms with van der Waals surface area (Å²) in [6.07, 6.45) is 3.72. The van der Waals surface area contributed by atoms with Gasteiger partial charge in [0.2, 0.25) is 0 Å². The number of thiophene rings is 1. The molecule has 2 aromatic heterocycles. The van der Waals surface area contributed by atoms with Crippen LogP contribution < -0.4 is 4.74 Å². The van der Waals surface area contributed by atoms with Crippen molar-refractivity contribution in [2.75, 3.05) is 13.7 Å². The van der Waals surface area contributed by atoms with Gasteiger partial charge in [0.15, 0.2) is 0 Å². The van der Waals surface area contributed by atoms with E-state index in [0.717, 1.165) is 32.5 Å². The average molecular weight is 634 g/mol. The summed E-state index contributed by atoms with van der Waals surface area (Å²) in [6.45, 7) is 8.92. The van der Waals surface area contributed by atoms with Crippen molar-refractivity contribution in [3.05, 3.63) is 82.0 Å². The maximum Gasteiger partial charge on any atom is 0.407 e. The Morgan fingerprint density at radius 3 is 2.25 bits per heavy atom. The molecule has 2 heterocycles. The van der Waals surface area contributed by atoms with Gasteiger partial charge in [0, 0.05) is 58.3 Å². The van der Waals surface area contributed by atoms with E-state index in [4.69, 9.17) is 16.3 Å². The lowest BCUT2D eigenvalue weighted by Gasteiger charge is -2.41. The number of methoxy groups -OCH3 is 1. The largest absolute Gasteiger partial charge is 0.496 e. The van der Waals surface area contributed by atoms with Crippen LogP contribution in [0.3, 0.4) is 0 Å². The van der Waals surface area contributed by atoms with Crippen LogP contribution in [0.25, 0.3) is 21.2 Å². The smallest absolute Gasteiger partial charge is 0.407 e. The SMILES string of the molecule is COc1ccc(-c2ccc(C)nc2)cc1CN(C(=O)c1sc2ccccc2c1Cl)C1CCC(N(CC(C)(C)C)C(=O)O)CC1. The number of hydrogen-bond donors (Lipinski definition) is 1. The average Bonchev–Trinajstić information content (AvgIpc) is 3.34. The second-order valence-electron chi connectivity index (χ2n) is 12.8. The highest BCUT2D eigenvalue weighted by Gasteiger charge is 2.36. The van der Waals surface area contributed by atoms with E-state index < -0.39 is 6.09 Å². The van der Waals surface area contributed by atoms with Gasteiger partial charge in [0.25, 0.3) is 5.91 Å². The third-order valence-electron chi connectivity index (χ3n) is 8.29. The van der Waals surface area contributed by atoms with E-state index in [2.05, 4.69) is 31.8 Å². The highest BCUT2D eigenvalue weighted by molar-refractivity contribution is 7.21. The van der Waals surface area contributed by atoms with Crippen LogP contribution in [0.4, 0.5) is 4.79 Å². The number of pyridine rings is 1. The Labute approximate surface area is 268 Å². The monoisotopic (exact) mass is 633 g/mol. The summed E-state index contributed by atoms with van der Waals surface area (Å²) in [5.74, 6) is 0.582. The minimum atomic E-state index is -0.888. The fourth-order valence-corrected chi connectivity index (χ4v) is 7.57. The summed E-state index contributed by atoms with van der Waals surface area (Å²) in [7, 11) is 1.64. The molecule has 9 heteroatoms. The fourth-order valence-electron chi connectivity index (χ4n) is 6.10. The minimum absolute atomic E-state index is 0.0836. The normalized spacial score (nSPS) is 17.0. The van der Waals surface area contributed by atoms with Crippen molar-refractivity contribution in [1.29, 1.82) is 0 Å². The quantitative estimate of drug-likeness (QED) is 0.209. The number of aryl methyl sites for hydroxylation is 1. The maximum atomic E-state index is 14.4. The lowest BCUT2D eigenvalue weighted by molar-refractivity contribution is 0.0492. The van der Waals surface area contributed by atoms with Gasteiger partial charge in [0.1, 0.15) is 10.6 Å². The summed E-state index contributed by atoms with van der Waals surface area (Å²) in [5.41, 5.74) is 3.66. The van der Waals surface area contributed by atoms with Crippen molar-refractivity contribution in [3.63, 3.8) is 0 Å². The number of benzene rings is 2. The summed E-state index contributed by atoms with van der Waals surface area (Å²) in [5, 5.41) is 11.4. The van der Waals surface area contributed by atoms with Crippen LogP contribution in [0.2, 0.25) is 5.02 Å². The number of carbonyl (C=O) groups is 2. The second kappa shape index (κ2) is 13.2. The molecule has 5 rings (SSSR count). The van der Waals surface area contributed by atoms with Crippen molar-refractivity contribution in [1.82, 2.24) is 14.8 Å². The van der Waals surface area contributed by atoms with E-state index >= 15 is 0 Å². The number of hydrogen-bond acceptors (Lipinski definition) is 5. The van der Waals surface area contributed by atoms with Crippen LogP contribution in [0.1, 0.15) is 67.4 Å². The van der Waals surface area contributed by atoms with Crippen LogP contribution in [0, 0.1) is 12.3 Å². The Morgan fingerprint density at radius 2 is 1.66 bits per heavy atom. The van der Waals surface area contributed by atoms with Crippen LogP contribution in [-0.4, -0.2) is 57.6 Å². The number of aromatic nitrogens is 1. The molecule has 4 aromatic rings. The highest BCUT2D eigenvalue weighted by Crippen LogP contribution is 2.39. The molecular formula is C35H40ClN3O4S. The van der Waals surface area contributed by atoms with Crippen molar-refractivity contribution in [3.8, 4) is 16.9 Å². The van der Waals surface area contributed by atoms with Gasteiger partial charge in [0.05, 0.1) is 12.1 Å². The van der Waals surface area contributed by atoms with Crippen molar-refractivity contribution >= 4 is 45.0 Å². The molecule has 2 aromatic carbocycles. The van der Waals surface area contributed by atoms with E-state index in [1.807, 2.05) is 66.6 Å². The van der Waals surface area contributed by atoms with Gasteiger partial charge in [-0.15, -0.1) is 11.3 Å². The molecule has 0 radical (unpaired) electrons. The zero-order valence-corrected chi connectivity index (χ0v) is 27.5. The standard InChI is InChI=1S/C35H40ClN3O4S/c1-22-10-11-24(19-37-22)23-12-17-29(43-5)25(18-23)20-38(33(40)32-31(36)28-8-6-7-9-30(28)44-32)26-13-15-27(16-14-26)39(34(41)42)21-35(2,3)4/h6-12,17-19,26-27H,13-16,20-21H2,1-5H3,(H,41,42). The molecule has 232 valence electrons. The number of halogens is 1. The summed E-state index contributed by atoms with van der Waals surface area (Å²) >= 11 is 8.25. The highest BCUT2D eigenvalue weighted by atomic mass is 35.5. The lowest BCUT2D eigenvalue weighted by Crippen LogP contribution is -2.49. The maximum absolute atomic E-state index is 14.4. The molecule has 0 atom stereocenters. The molecule has 2 amide bonds. The molecule has 0 spiro atoms. The second-order valence-corrected chi connectivity index (χ2v) is 14.3. The lowest BCUT2D eigenvalue weighted by atomic mass is 9.87. The molecule has 1 fully saturated rings. The number of nitrogens with zero attached hydrogens (tertiary/aromatic N) is 3. The van der Waals surface area contributed by atoms with Gasteiger partial charge in [-0.05, 0) is 67.9 Å². The number of fused-ring (bicyclic) bond motifs is 1. The Balaban J connectivity index is 1.48. The van der Waals surface area contributed by atoms with E-state index in [0.29, 0.717) is 54.4 Å². The molecule has 44 heavy (non-hydrogen) atoms.